The number of para-hydroxylation sites is 2. The molecule has 1 N–H and O–H groups in total. The van der Waals surface area contributed by atoms with Crippen molar-refractivity contribution >= 4 is 16.9 Å². The summed E-state index contributed by atoms with van der Waals surface area (Å²) in [6.45, 7) is 5.69. The van der Waals surface area contributed by atoms with Crippen LogP contribution in [0.1, 0.15) is 38.1 Å². The number of carbonyl (C=O) groups excluding carboxylic acids is 1. The highest BCUT2D eigenvalue weighted by atomic mass is 16.2. The number of fused-ring (bicyclic) bond motifs is 1. The van der Waals surface area contributed by atoms with E-state index in [0.717, 1.165) is 56.8 Å². The number of imidazole rings is 1. The van der Waals surface area contributed by atoms with Gasteiger partial charge in [-0.25, -0.2) is 4.98 Å². The van der Waals surface area contributed by atoms with Crippen molar-refractivity contribution in [3.63, 3.8) is 0 Å². The molecule has 4 rings (SSSR count). The number of amides is 1. The number of nitrogens with zero attached hydrogens (tertiary/aromatic N) is 3. The summed E-state index contributed by atoms with van der Waals surface area (Å²) in [6, 6.07) is 8.41. The number of hydrogen-bond acceptors (Lipinski definition) is 3. The molecule has 0 radical (unpaired) electrons. The van der Waals surface area contributed by atoms with Gasteiger partial charge in [0.1, 0.15) is 5.82 Å². The molecule has 1 amide bonds. The van der Waals surface area contributed by atoms with Gasteiger partial charge in [0.05, 0.1) is 23.0 Å². The summed E-state index contributed by atoms with van der Waals surface area (Å²) >= 11 is 0. The summed E-state index contributed by atoms with van der Waals surface area (Å²) in [5.41, 5.74) is 2.21. The second-order valence-corrected chi connectivity index (χ2v) is 6.58. The zero-order chi connectivity index (χ0) is 15.8. The molecule has 0 aliphatic carbocycles. The van der Waals surface area contributed by atoms with Crippen LogP contribution in [0.4, 0.5) is 0 Å². The third-order valence-electron chi connectivity index (χ3n) is 5.24. The lowest BCUT2D eigenvalue weighted by Gasteiger charge is -2.27. The fraction of sp³-hybridized carbons (Fsp3) is 0.556. The van der Waals surface area contributed by atoms with E-state index in [9.17, 15) is 4.79 Å². The fourth-order valence-corrected chi connectivity index (χ4v) is 4.08. The zero-order valence-corrected chi connectivity index (χ0v) is 13.7. The van der Waals surface area contributed by atoms with Gasteiger partial charge >= 0.3 is 0 Å². The first-order valence-corrected chi connectivity index (χ1v) is 8.76. The molecule has 2 aromatic rings. The predicted octanol–water partition coefficient (Wildman–Crippen LogP) is 2.33. The van der Waals surface area contributed by atoms with Crippen molar-refractivity contribution in [1.29, 1.82) is 0 Å². The van der Waals surface area contributed by atoms with Gasteiger partial charge in [0.2, 0.25) is 5.91 Å². The number of rotatable bonds is 3. The van der Waals surface area contributed by atoms with E-state index in [2.05, 4.69) is 39.9 Å². The van der Waals surface area contributed by atoms with E-state index in [1.54, 1.807) is 0 Å². The van der Waals surface area contributed by atoms with Gasteiger partial charge in [-0.2, -0.15) is 0 Å². The van der Waals surface area contributed by atoms with Crippen LogP contribution in [0.25, 0.3) is 11.0 Å². The molecule has 5 nitrogen and oxygen atoms in total. The van der Waals surface area contributed by atoms with Gasteiger partial charge in [-0.15, -0.1) is 0 Å². The first-order chi connectivity index (χ1) is 11.3. The van der Waals surface area contributed by atoms with Crippen molar-refractivity contribution in [2.45, 2.75) is 38.8 Å². The second-order valence-electron chi connectivity index (χ2n) is 6.58. The van der Waals surface area contributed by atoms with Gasteiger partial charge in [-0.1, -0.05) is 12.1 Å². The third-order valence-corrected chi connectivity index (χ3v) is 5.24. The van der Waals surface area contributed by atoms with Gasteiger partial charge < -0.3 is 14.8 Å². The Labute approximate surface area is 136 Å². The van der Waals surface area contributed by atoms with Crippen LogP contribution >= 0.6 is 0 Å². The van der Waals surface area contributed by atoms with Gasteiger partial charge in [-0.05, 0) is 44.9 Å². The normalized spacial score (nSPS) is 24.7. The van der Waals surface area contributed by atoms with Crippen molar-refractivity contribution < 1.29 is 4.79 Å². The van der Waals surface area contributed by atoms with Crippen LogP contribution < -0.4 is 5.32 Å². The number of carbonyl (C=O) groups is 1. The van der Waals surface area contributed by atoms with Crippen LogP contribution in [-0.4, -0.2) is 40.0 Å². The molecule has 1 aromatic carbocycles. The molecule has 2 saturated heterocycles. The van der Waals surface area contributed by atoms with Crippen molar-refractivity contribution in [3.05, 3.63) is 30.1 Å². The molecule has 2 aliphatic rings. The Balaban J connectivity index is 1.69. The van der Waals surface area contributed by atoms with Crippen LogP contribution in [0.2, 0.25) is 0 Å². The molecule has 0 saturated carbocycles. The smallest absolute Gasteiger partial charge is 0.227 e. The summed E-state index contributed by atoms with van der Waals surface area (Å²) in [6.07, 6.45) is 3.06. The average Bonchev–Trinajstić information content (AvgIpc) is 3.31. The summed E-state index contributed by atoms with van der Waals surface area (Å²) < 4.78 is 2.28. The first-order valence-electron chi connectivity index (χ1n) is 8.76. The SMILES string of the molecule is CCn1c(C2CCCN2C(=O)C2CCNC2)nc2ccccc21. The number of nitrogens with one attached hydrogen (secondary N) is 1. The molecule has 23 heavy (non-hydrogen) atoms. The fourth-order valence-electron chi connectivity index (χ4n) is 4.08. The lowest BCUT2D eigenvalue weighted by atomic mass is 10.1. The maximum atomic E-state index is 12.9. The number of aryl methyl sites for hydroxylation is 1. The van der Waals surface area contributed by atoms with Gasteiger partial charge in [0, 0.05) is 19.6 Å². The van der Waals surface area contributed by atoms with Gasteiger partial charge in [0.15, 0.2) is 0 Å². The molecular weight excluding hydrogens is 288 g/mol. The Morgan fingerprint density at radius 1 is 1.35 bits per heavy atom. The Kier molecular flexibility index (Phi) is 3.81. The van der Waals surface area contributed by atoms with Gasteiger partial charge in [0.25, 0.3) is 0 Å². The van der Waals surface area contributed by atoms with Crippen LogP contribution in [0, 0.1) is 5.92 Å². The van der Waals surface area contributed by atoms with E-state index in [0.29, 0.717) is 5.91 Å². The van der Waals surface area contributed by atoms with Gasteiger partial charge in [-0.3, -0.25) is 4.79 Å². The Morgan fingerprint density at radius 2 is 2.22 bits per heavy atom. The van der Waals surface area contributed by atoms with E-state index < -0.39 is 0 Å². The minimum absolute atomic E-state index is 0.135. The molecule has 122 valence electrons. The van der Waals surface area contributed by atoms with E-state index >= 15 is 0 Å². The Morgan fingerprint density at radius 3 is 3.00 bits per heavy atom. The monoisotopic (exact) mass is 312 g/mol. The predicted molar refractivity (Wildman–Crippen MR) is 90.1 cm³/mol. The molecule has 0 spiro atoms. The highest BCUT2D eigenvalue weighted by molar-refractivity contribution is 5.81. The molecule has 2 unspecified atom stereocenters. The van der Waals surface area contributed by atoms with E-state index in [4.69, 9.17) is 4.98 Å². The summed E-state index contributed by atoms with van der Waals surface area (Å²) in [4.78, 5) is 19.9. The standard InChI is InChI=1S/C18H24N4O/c1-2-21-15-7-4-3-6-14(15)20-17(21)16-8-5-11-22(16)18(23)13-9-10-19-12-13/h3-4,6-7,13,16,19H,2,5,8-12H2,1H3. The maximum absolute atomic E-state index is 12.9. The van der Waals surface area contributed by atoms with E-state index in [-0.39, 0.29) is 12.0 Å². The lowest BCUT2D eigenvalue weighted by Crippen LogP contribution is -2.37. The zero-order valence-electron chi connectivity index (χ0n) is 13.7. The molecular formula is C18H24N4O. The minimum Gasteiger partial charge on any atom is -0.332 e. The van der Waals surface area contributed by atoms with Crippen molar-refractivity contribution in [2.75, 3.05) is 19.6 Å². The van der Waals surface area contributed by atoms with Crippen molar-refractivity contribution in [1.82, 2.24) is 19.8 Å². The maximum Gasteiger partial charge on any atom is 0.227 e. The lowest BCUT2D eigenvalue weighted by molar-refractivity contribution is -0.136. The Bertz CT molecular complexity index is 717. The molecule has 3 heterocycles. The largest absolute Gasteiger partial charge is 0.332 e. The summed E-state index contributed by atoms with van der Waals surface area (Å²) in [5.74, 6) is 1.52. The molecule has 1 aromatic heterocycles. The highest BCUT2D eigenvalue weighted by Gasteiger charge is 2.37. The number of benzene rings is 1. The minimum atomic E-state index is 0.135. The molecule has 0 bridgehead atoms. The second kappa shape index (κ2) is 5.96. The molecule has 5 heteroatoms. The number of likely N-dealkylation sites (tertiary alicyclic amines) is 1. The Hall–Kier alpha value is -1.88. The van der Waals surface area contributed by atoms with Crippen LogP contribution in [0.5, 0.6) is 0 Å². The highest BCUT2D eigenvalue weighted by Crippen LogP contribution is 2.35. The van der Waals surface area contributed by atoms with Crippen molar-refractivity contribution in [2.24, 2.45) is 5.92 Å². The first kappa shape index (κ1) is 14.7. The number of hydrogen-bond donors (Lipinski definition) is 1. The van der Waals surface area contributed by atoms with Crippen LogP contribution in [0.15, 0.2) is 24.3 Å². The summed E-state index contributed by atoms with van der Waals surface area (Å²) in [5, 5.41) is 3.31. The number of aromatic nitrogens is 2. The molecule has 2 atom stereocenters. The average molecular weight is 312 g/mol. The van der Waals surface area contributed by atoms with Crippen LogP contribution in [0.3, 0.4) is 0 Å². The topological polar surface area (TPSA) is 50.2 Å². The van der Waals surface area contributed by atoms with Crippen molar-refractivity contribution in [3.8, 4) is 0 Å². The quantitative estimate of drug-likeness (QED) is 0.946. The van der Waals surface area contributed by atoms with E-state index in [1.807, 2.05) is 6.07 Å². The van der Waals surface area contributed by atoms with E-state index in [1.165, 1.54) is 5.52 Å². The molecule has 2 aliphatic heterocycles. The third kappa shape index (κ3) is 2.43. The van der Waals surface area contributed by atoms with Crippen LogP contribution in [-0.2, 0) is 11.3 Å². The molecule has 2 fully saturated rings. The summed E-state index contributed by atoms with van der Waals surface area (Å²) in [7, 11) is 0.